The van der Waals surface area contributed by atoms with Gasteiger partial charge in [0.05, 0.1) is 13.2 Å². The molecule has 0 spiro atoms. The van der Waals surface area contributed by atoms with Gasteiger partial charge in [0.25, 0.3) is 0 Å². The smallest absolute Gasteiger partial charge is 0.191 e. The van der Waals surface area contributed by atoms with E-state index in [2.05, 4.69) is 48.5 Å². The highest BCUT2D eigenvalue weighted by atomic mass is 127. The Morgan fingerprint density at radius 3 is 2.68 bits per heavy atom. The number of guanidine groups is 1. The molecule has 1 unspecified atom stereocenters. The number of hydrogen-bond donors (Lipinski definition) is 2. The van der Waals surface area contributed by atoms with Gasteiger partial charge in [-0.2, -0.15) is 0 Å². The van der Waals surface area contributed by atoms with Crippen molar-refractivity contribution in [3.63, 3.8) is 0 Å². The lowest BCUT2D eigenvalue weighted by Crippen LogP contribution is -2.43. The molecule has 1 rings (SSSR count). The summed E-state index contributed by atoms with van der Waals surface area (Å²) in [6.07, 6.45) is 3.08. The predicted octanol–water partition coefficient (Wildman–Crippen LogP) is 3.60. The molecule has 0 fully saturated rings. The summed E-state index contributed by atoms with van der Waals surface area (Å²) in [7, 11) is 1.69. The number of aryl methyl sites for hydroxylation is 1. The normalized spacial score (nSPS) is 12.6. The second-order valence-electron chi connectivity index (χ2n) is 5.83. The topological polar surface area (TPSA) is 54.9 Å². The second kappa shape index (κ2) is 15.8. The van der Waals surface area contributed by atoms with Crippen molar-refractivity contribution < 1.29 is 9.47 Å². The first-order valence-electron chi connectivity index (χ1n) is 8.82. The van der Waals surface area contributed by atoms with Crippen LogP contribution in [0.25, 0.3) is 0 Å². The van der Waals surface area contributed by atoms with Crippen LogP contribution in [0, 0.1) is 6.92 Å². The van der Waals surface area contributed by atoms with Crippen molar-refractivity contribution >= 4 is 41.3 Å². The molecule has 0 aliphatic rings. The Kier molecular flexibility index (Phi) is 15.6. The van der Waals surface area contributed by atoms with Crippen molar-refractivity contribution in [2.24, 2.45) is 4.99 Å². The third-order valence-electron chi connectivity index (χ3n) is 3.43. The summed E-state index contributed by atoms with van der Waals surface area (Å²) in [6.45, 7) is 10.2. The number of ether oxygens (including phenoxy) is 2. The fraction of sp³-hybridized carbons (Fsp3) is 0.722. The number of nitrogens with one attached hydrogen (secondary N) is 2. The Bertz CT molecular complexity index is 469. The Hall–Kier alpha value is -0.380. The van der Waals surface area contributed by atoms with Crippen LogP contribution in [0.3, 0.4) is 0 Å². The molecule has 1 aromatic rings. The van der Waals surface area contributed by atoms with Crippen LogP contribution in [0.4, 0.5) is 0 Å². The van der Waals surface area contributed by atoms with Crippen LogP contribution < -0.4 is 10.6 Å². The minimum absolute atomic E-state index is 0. The van der Waals surface area contributed by atoms with E-state index in [-0.39, 0.29) is 24.0 Å². The van der Waals surface area contributed by atoms with Gasteiger partial charge in [-0.3, -0.25) is 4.99 Å². The Morgan fingerprint density at radius 2 is 2.04 bits per heavy atom. The summed E-state index contributed by atoms with van der Waals surface area (Å²) in [4.78, 5) is 7.43. The van der Waals surface area contributed by atoms with Crippen LogP contribution >= 0.6 is 35.3 Å². The molecule has 25 heavy (non-hydrogen) atoms. The SMILES string of the molecule is CCNC(=NCCCCOCCOC)NC(C)Cc1ccc(C)s1.I. The van der Waals surface area contributed by atoms with E-state index in [1.807, 2.05) is 11.3 Å². The molecule has 0 aliphatic carbocycles. The minimum atomic E-state index is 0. The van der Waals surface area contributed by atoms with Gasteiger partial charge in [-0.25, -0.2) is 0 Å². The van der Waals surface area contributed by atoms with E-state index < -0.39 is 0 Å². The molecule has 1 aromatic heterocycles. The zero-order valence-corrected chi connectivity index (χ0v) is 19.1. The van der Waals surface area contributed by atoms with Crippen molar-refractivity contribution in [2.45, 2.75) is 46.1 Å². The first-order valence-corrected chi connectivity index (χ1v) is 9.64. The zero-order chi connectivity index (χ0) is 17.6. The highest BCUT2D eigenvalue weighted by molar-refractivity contribution is 14.0. The van der Waals surface area contributed by atoms with Crippen LogP contribution in [-0.4, -0.2) is 52.0 Å². The highest BCUT2D eigenvalue weighted by Crippen LogP contribution is 2.16. The van der Waals surface area contributed by atoms with E-state index in [0.29, 0.717) is 19.3 Å². The van der Waals surface area contributed by atoms with Crippen molar-refractivity contribution in [3.8, 4) is 0 Å². The van der Waals surface area contributed by atoms with Gasteiger partial charge in [0.2, 0.25) is 0 Å². The fourth-order valence-corrected chi connectivity index (χ4v) is 3.27. The summed E-state index contributed by atoms with van der Waals surface area (Å²) < 4.78 is 10.4. The first-order chi connectivity index (χ1) is 11.7. The average Bonchev–Trinajstić information content (AvgIpc) is 2.94. The molecule has 0 amide bonds. The summed E-state index contributed by atoms with van der Waals surface area (Å²) in [5.41, 5.74) is 0. The Morgan fingerprint density at radius 1 is 1.24 bits per heavy atom. The Labute approximate surface area is 174 Å². The number of methoxy groups -OCH3 is 1. The molecule has 0 saturated carbocycles. The van der Waals surface area contributed by atoms with Crippen molar-refractivity contribution in [1.82, 2.24) is 10.6 Å². The summed E-state index contributed by atoms with van der Waals surface area (Å²) in [5, 5.41) is 6.81. The highest BCUT2D eigenvalue weighted by Gasteiger charge is 2.07. The monoisotopic (exact) mass is 483 g/mol. The van der Waals surface area contributed by atoms with E-state index in [4.69, 9.17) is 9.47 Å². The maximum absolute atomic E-state index is 5.46. The molecule has 0 saturated heterocycles. The lowest BCUT2D eigenvalue weighted by Gasteiger charge is -2.17. The van der Waals surface area contributed by atoms with Crippen LogP contribution in [-0.2, 0) is 15.9 Å². The number of halogens is 1. The fourth-order valence-electron chi connectivity index (χ4n) is 2.25. The van der Waals surface area contributed by atoms with Crippen LogP contribution in [0.15, 0.2) is 17.1 Å². The molecule has 1 heterocycles. The molecular weight excluding hydrogens is 449 g/mol. The van der Waals surface area contributed by atoms with Gasteiger partial charge in [0.15, 0.2) is 5.96 Å². The van der Waals surface area contributed by atoms with Crippen LogP contribution in [0.2, 0.25) is 0 Å². The molecule has 7 heteroatoms. The predicted molar refractivity (Wildman–Crippen MR) is 119 cm³/mol. The first kappa shape index (κ1) is 24.6. The van der Waals surface area contributed by atoms with E-state index >= 15 is 0 Å². The number of nitrogens with zero attached hydrogens (tertiary/aromatic N) is 1. The Balaban J connectivity index is 0.00000576. The molecule has 0 aliphatic heterocycles. The molecule has 0 bridgehead atoms. The third-order valence-corrected chi connectivity index (χ3v) is 4.45. The van der Waals surface area contributed by atoms with Gasteiger partial charge in [-0.1, -0.05) is 0 Å². The molecule has 1 atom stereocenters. The van der Waals surface area contributed by atoms with Gasteiger partial charge in [0, 0.05) is 49.0 Å². The van der Waals surface area contributed by atoms with Gasteiger partial charge >= 0.3 is 0 Å². The maximum atomic E-state index is 5.46. The number of hydrogen-bond acceptors (Lipinski definition) is 4. The van der Waals surface area contributed by atoms with Crippen LogP contribution in [0.5, 0.6) is 0 Å². The van der Waals surface area contributed by atoms with Gasteiger partial charge in [-0.05, 0) is 45.7 Å². The van der Waals surface area contributed by atoms with E-state index in [9.17, 15) is 0 Å². The van der Waals surface area contributed by atoms with Gasteiger partial charge < -0.3 is 20.1 Å². The molecule has 0 aromatic carbocycles. The van der Waals surface area contributed by atoms with Gasteiger partial charge in [0.1, 0.15) is 0 Å². The number of thiophene rings is 1. The second-order valence-corrected chi connectivity index (χ2v) is 7.21. The molecule has 0 radical (unpaired) electrons. The van der Waals surface area contributed by atoms with Crippen LogP contribution in [0.1, 0.15) is 36.4 Å². The van der Waals surface area contributed by atoms with Crippen molar-refractivity contribution in [2.75, 3.05) is 40.0 Å². The lowest BCUT2D eigenvalue weighted by atomic mass is 10.2. The summed E-state index contributed by atoms with van der Waals surface area (Å²) >= 11 is 1.87. The minimum Gasteiger partial charge on any atom is -0.382 e. The lowest BCUT2D eigenvalue weighted by molar-refractivity contribution is 0.0690. The summed E-state index contributed by atoms with van der Waals surface area (Å²) in [5.74, 6) is 0.901. The quantitative estimate of drug-likeness (QED) is 0.207. The van der Waals surface area contributed by atoms with E-state index in [1.165, 1.54) is 9.75 Å². The number of rotatable bonds is 12. The van der Waals surface area contributed by atoms with Crippen molar-refractivity contribution in [1.29, 1.82) is 0 Å². The summed E-state index contributed by atoms with van der Waals surface area (Å²) in [6, 6.07) is 4.75. The molecule has 5 nitrogen and oxygen atoms in total. The third kappa shape index (κ3) is 12.6. The molecule has 146 valence electrons. The average molecular weight is 483 g/mol. The standard InChI is InChI=1S/C18H33N3O2S.HI/c1-5-19-18(20-10-6-7-11-23-13-12-22-4)21-15(2)14-17-9-8-16(3)24-17;/h8-9,15H,5-7,10-14H2,1-4H3,(H2,19,20,21);1H. The number of aliphatic imine (C=N–C) groups is 1. The van der Waals surface area contributed by atoms with Crippen molar-refractivity contribution in [3.05, 3.63) is 21.9 Å². The largest absolute Gasteiger partial charge is 0.382 e. The number of unbranched alkanes of at least 4 members (excludes halogenated alkanes) is 1. The molecule has 2 N–H and O–H groups in total. The van der Waals surface area contributed by atoms with E-state index in [1.54, 1.807) is 7.11 Å². The maximum Gasteiger partial charge on any atom is 0.191 e. The zero-order valence-electron chi connectivity index (χ0n) is 16.0. The molecular formula is C18H34IN3O2S. The van der Waals surface area contributed by atoms with Gasteiger partial charge in [-0.15, -0.1) is 35.3 Å². The van der Waals surface area contributed by atoms with E-state index in [0.717, 1.165) is 44.9 Å².